The van der Waals surface area contributed by atoms with Crippen LogP contribution < -0.4 is 10.1 Å². The number of para-hydroxylation sites is 1. The number of aromatic nitrogens is 1. The van der Waals surface area contributed by atoms with Crippen molar-refractivity contribution in [1.82, 2.24) is 10.3 Å². The zero-order valence-corrected chi connectivity index (χ0v) is 20.6. The number of benzene rings is 3. The predicted octanol–water partition coefficient (Wildman–Crippen LogP) is 5.68. The second kappa shape index (κ2) is 11.3. The van der Waals surface area contributed by atoms with Gasteiger partial charge < -0.3 is 15.0 Å². The van der Waals surface area contributed by atoms with Crippen LogP contribution in [0.4, 0.5) is 5.69 Å². The van der Waals surface area contributed by atoms with Gasteiger partial charge in [0.1, 0.15) is 24.0 Å². The summed E-state index contributed by atoms with van der Waals surface area (Å²) < 4.78 is 6.44. The van der Waals surface area contributed by atoms with Crippen LogP contribution >= 0.6 is 15.9 Å². The molecule has 4 rings (SSSR count). The van der Waals surface area contributed by atoms with Crippen molar-refractivity contribution < 1.29 is 14.5 Å². The Bertz CT molecular complexity index is 1490. The molecule has 4 aromatic rings. The lowest BCUT2D eigenvalue weighted by Gasteiger charge is -2.09. The normalized spacial score (nSPS) is 11.2. The van der Waals surface area contributed by atoms with Crippen LogP contribution in [0.3, 0.4) is 0 Å². The van der Waals surface area contributed by atoms with E-state index in [9.17, 15) is 20.2 Å². The number of aromatic amines is 1. The summed E-state index contributed by atoms with van der Waals surface area (Å²) in [5.41, 5.74) is 3.61. The highest BCUT2D eigenvalue weighted by atomic mass is 79.9. The van der Waals surface area contributed by atoms with Crippen molar-refractivity contribution in [2.75, 3.05) is 6.54 Å². The van der Waals surface area contributed by atoms with E-state index in [-0.39, 0.29) is 17.9 Å². The van der Waals surface area contributed by atoms with Gasteiger partial charge in [0.15, 0.2) is 0 Å². The first-order valence-corrected chi connectivity index (χ1v) is 11.8. The minimum Gasteiger partial charge on any atom is -0.488 e. The molecule has 0 spiro atoms. The first kappa shape index (κ1) is 24.7. The Morgan fingerprint density at radius 1 is 1.17 bits per heavy atom. The van der Waals surface area contributed by atoms with Gasteiger partial charge in [-0.2, -0.15) is 5.26 Å². The molecular formula is C27H21BrN4O4. The first-order chi connectivity index (χ1) is 17.4. The number of ether oxygens (including phenoxy) is 1. The van der Waals surface area contributed by atoms with E-state index in [0.717, 1.165) is 22.0 Å². The number of amides is 1. The summed E-state index contributed by atoms with van der Waals surface area (Å²) >= 11 is 3.45. The van der Waals surface area contributed by atoms with E-state index in [1.165, 1.54) is 18.2 Å². The van der Waals surface area contributed by atoms with Crippen molar-refractivity contribution in [3.05, 3.63) is 110 Å². The molecule has 8 nitrogen and oxygen atoms in total. The number of rotatable bonds is 9. The van der Waals surface area contributed by atoms with Gasteiger partial charge in [-0.3, -0.25) is 14.9 Å². The van der Waals surface area contributed by atoms with Crippen LogP contribution in [0.1, 0.15) is 16.7 Å². The maximum absolute atomic E-state index is 12.6. The van der Waals surface area contributed by atoms with Crippen molar-refractivity contribution in [2.45, 2.75) is 13.0 Å². The van der Waals surface area contributed by atoms with Gasteiger partial charge >= 0.3 is 0 Å². The first-order valence-electron chi connectivity index (χ1n) is 11.1. The lowest BCUT2D eigenvalue weighted by atomic mass is 10.1. The van der Waals surface area contributed by atoms with Crippen LogP contribution in [-0.4, -0.2) is 22.4 Å². The maximum atomic E-state index is 12.6. The Kier molecular flexibility index (Phi) is 7.78. The van der Waals surface area contributed by atoms with E-state index < -0.39 is 10.8 Å². The molecule has 0 aliphatic rings. The quantitative estimate of drug-likeness (QED) is 0.121. The summed E-state index contributed by atoms with van der Waals surface area (Å²) in [5, 5.41) is 24.2. The van der Waals surface area contributed by atoms with E-state index in [1.54, 1.807) is 30.3 Å². The third-order valence-corrected chi connectivity index (χ3v) is 6.15. The molecule has 0 atom stereocenters. The molecule has 0 fully saturated rings. The minimum absolute atomic E-state index is 0.000347. The topological polar surface area (TPSA) is 121 Å². The smallest absolute Gasteiger partial charge is 0.269 e. The number of fused-ring (bicyclic) bond motifs is 1. The highest BCUT2D eigenvalue weighted by Gasteiger charge is 2.11. The van der Waals surface area contributed by atoms with Gasteiger partial charge in [-0.25, -0.2) is 0 Å². The fraction of sp³-hybridized carbons (Fsp3) is 0.111. The Morgan fingerprint density at radius 2 is 1.94 bits per heavy atom. The highest BCUT2D eigenvalue weighted by molar-refractivity contribution is 9.10. The Balaban J connectivity index is 1.35. The van der Waals surface area contributed by atoms with Crippen molar-refractivity contribution in [1.29, 1.82) is 5.26 Å². The number of nitro groups is 1. The molecule has 180 valence electrons. The van der Waals surface area contributed by atoms with E-state index in [1.807, 2.05) is 36.5 Å². The summed E-state index contributed by atoms with van der Waals surface area (Å²) in [6.45, 7) is 0.632. The number of nitrogens with zero attached hydrogens (tertiary/aromatic N) is 2. The summed E-state index contributed by atoms with van der Waals surface area (Å²) in [6.07, 6.45) is 4.09. The van der Waals surface area contributed by atoms with E-state index in [0.29, 0.717) is 28.8 Å². The number of nitro benzene ring substituents is 1. The molecule has 0 unspecified atom stereocenters. The number of hydrogen-bond donors (Lipinski definition) is 2. The van der Waals surface area contributed by atoms with Crippen LogP contribution in [0.15, 0.2) is 83.0 Å². The molecule has 36 heavy (non-hydrogen) atoms. The van der Waals surface area contributed by atoms with Gasteiger partial charge in [0, 0.05) is 35.8 Å². The van der Waals surface area contributed by atoms with Gasteiger partial charge in [0.25, 0.3) is 11.6 Å². The van der Waals surface area contributed by atoms with Crippen molar-refractivity contribution in [3.63, 3.8) is 0 Å². The zero-order chi connectivity index (χ0) is 25.5. The number of halogens is 1. The molecule has 2 N–H and O–H groups in total. The summed E-state index contributed by atoms with van der Waals surface area (Å²) in [7, 11) is 0. The van der Waals surface area contributed by atoms with E-state index in [4.69, 9.17) is 4.74 Å². The Labute approximate surface area is 215 Å². The number of H-pyrrole nitrogens is 1. The molecule has 1 amide bonds. The SMILES string of the molecule is N#C/C(=C/c1ccc(OCc2ccc([N+](=O)[O-])cc2)c(Br)c1)C(=O)NCCc1c[nH]c2ccccc12. The molecule has 0 bridgehead atoms. The van der Waals surface area contributed by atoms with Gasteiger partial charge in [-0.05, 0) is 75.4 Å². The van der Waals surface area contributed by atoms with Crippen molar-refractivity contribution >= 4 is 44.5 Å². The predicted molar refractivity (Wildman–Crippen MR) is 140 cm³/mol. The standard InChI is InChI=1S/C27H21BrN4O4/c28-24-14-19(7-10-26(24)36-17-18-5-8-22(9-6-18)32(34)35)13-21(15-29)27(33)30-12-11-20-16-31-25-4-2-1-3-23(20)25/h1-10,13-14,16,31H,11-12,17H2,(H,30,33)/b21-13-. The highest BCUT2D eigenvalue weighted by Crippen LogP contribution is 2.28. The molecule has 0 aliphatic carbocycles. The molecule has 0 aliphatic heterocycles. The maximum Gasteiger partial charge on any atom is 0.269 e. The third kappa shape index (κ3) is 5.98. The molecule has 0 radical (unpaired) electrons. The second-order valence-corrected chi connectivity index (χ2v) is 8.79. The second-order valence-electron chi connectivity index (χ2n) is 7.94. The summed E-state index contributed by atoms with van der Waals surface area (Å²) in [5.74, 6) is 0.124. The molecule has 1 heterocycles. The lowest BCUT2D eigenvalue weighted by molar-refractivity contribution is -0.384. The minimum atomic E-state index is -0.451. The van der Waals surface area contributed by atoms with E-state index in [2.05, 4.69) is 26.2 Å². The molecule has 0 saturated heterocycles. The van der Waals surface area contributed by atoms with Gasteiger partial charge in [0.2, 0.25) is 0 Å². The number of nitrogens with one attached hydrogen (secondary N) is 2. The summed E-state index contributed by atoms with van der Waals surface area (Å²) in [6, 6.07) is 21.3. The van der Waals surface area contributed by atoms with Gasteiger partial charge in [-0.1, -0.05) is 24.3 Å². The largest absolute Gasteiger partial charge is 0.488 e. The average Bonchev–Trinajstić information content (AvgIpc) is 3.30. The number of non-ortho nitro benzene ring substituents is 1. The van der Waals surface area contributed by atoms with Crippen LogP contribution in [0.2, 0.25) is 0 Å². The van der Waals surface area contributed by atoms with Crippen LogP contribution in [0, 0.1) is 21.4 Å². The number of carbonyl (C=O) groups is 1. The molecular weight excluding hydrogens is 524 g/mol. The number of nitriles is 1. The molecule has 0 saturated carbocycles. The molecule has 9 heteroatoms. The van der Waals surface area contributed by atoms with Crippen molar-refractivity contribution in [2.24, 2.45) is 0 Å². The lowest BCUT2D eigenvalue weighted by Crippen LogP contribution is -2.26. The summed E-state index contributed by atoms with van der Waals surface area (Å²) in [4.78, 5) is 26.1. The van der Waals surface area contributed by atoms with Crippen LogP contribution in [0.25, 0.3) is 17.0 Å². The fourth-order valence-corrected chi connectivity index (χ4v) is 4.17. The Hall–Kier alpha value is -4.42. The average molecular weight is 545 g/mol. The van der Waals surface area contributed by atoms with Gasteiger partial charge in [-0.15, -0.1) is 0 Å². The number of carbonyl (C=O) groups excluding carboxylic acids is 1. The van der Waals surface area contributed by atoms with Crippen molar-refractivity contribution in [3.8, 4) is 11.8 Å². The fourth-order valence-electron chi connectivity index (χ4n) is 3.66. The Morgan fingerprint density at radius 3 is 2.67 bits per heavy atom. The van der Waals surface area contributed by atoms with Crippen LogP contribution in [0.5, 0.6) is 5.75 Å². The van der Waals surface area contributed by atoms with Gasteiger partial charge in [0.05, 0.1) is 9.40 Å². The van der Waals surface area contributed by atoms with Crippen LogP contribution in [-0.2, 0) is 17.8 Å². The van der Waals surface area contributed by atoms with E-state index >= 15 is 0 Å². The molecule has 1 aromatic heterocycles. The monoisotopic (exact) mass is 544 g/mol. The number of hydrogen-bond acceptors (Lipinski definition) is 5. The zero-order valence-electron chi connectivity index (χ0n) is 19.0. The molecule has 3 aromatic carbocycles. The third-order valence-electron chi connectivity index (χ3n) is 5.53.